The molecule has 0 saturated heterocycles. The van der Waals surface area contributed by atoms with E-state index in [1.54, 1.807) is 18.9 Å². The highest BCUT2D eigenvalue weighted by atomic mass is 32.2. The second-order valence-electron chi connectivity index (χ2n) is 6.23. The zero-order valence-corrected chi connectivity index (χ0v) is 13.6. The molecule has 2 aromatic rings. The summed E-state index contributed by atoms with van der Waals surface area (Å²) in [6.07, 6.45) is 0. The van der Waals surface area contributed by atoms with Crippen molar-refractivity contribution >= 4 is 11.8 Å². The zero-order chi connectivity index (χ0) is 15.0. The summed E-state index contributed by atoms with van der Waals surface area (Å²) in [6, 6.07) is 8.26. The molecule has 1 aromatic carbocycles. The molecule has 2 heterocycles. The highest BCUT2D eigenvalue weighted by molar-refractivity contribution is 7.99. The zero-order valence-electron chi connectivity index (χ0n) is 12.8. The number of hydrogen-bond acceptors (Lipinski definition) is 5. The molecule has 3 rings (SSSR count). The normalized spacial score (nSPS) is 18.0. The van der Waals surface area contributed by atoms with E-state index in [0.717, 1.165) is 28.0 Å². The van der Waals surface area contributed by atoms with Crippen molar-refractivity contribution in [3.8, 4) is 17.1 Å². The minimum atomic E-state index is 0.187. The lowest BCUT2D eigenvalue weighted by Gasteiger charge is -2.35. The van der Waals surface area contributed by atoms with Gasteiger partial charge in [0.25, 0.3) is 0 Å². The number of thioether (sulfide) groups is 1. The summed E-state index contributed by atoms with van der Waals surface area (Å²) in [4.78, 5) is 0. The van der Waals surface area contributed by atoms with Crippen LogP contribution in [0.3, 0.4) is 0 Å². The molecule has 1 aromatic heterocycles. The minimum Gasteiger partial charge on any atom is -0.497 e. The largest absolute Gasteiger partial charge is 0.497 e. The van der Waals surface area contributed by atoms with Crippen LogP contribution in [0.15, 0.2) is 29.4 Å². The molecule has 1 atom stereocenters. The topological polar surface area (TPSA) is 52.0 Å². The van der Waals surface area contributed by atoms with Crippen LogP contribution in [0.2, 0.25) is 0 Å². The van der Waals surface area contributed by atoms with Gasteiger partial charge in [0.15, 0.2) is 5.82 Å². The molecule has 6 heteroatoms. The van der Waals surface area contributed by atoms with Crippen LogP contribution in [-0.2, 0) is 0 Å². The Bertz CT molecular complexity index is 630. The Kier molecular flexibility index (Phi) is 3.57. The number of fused-ring (bicyclic) bond motifs is 1. The van der Waals surface area contributed by atoms with E-state index in [-0.39, 0.29) is 5.41 Å². The van der Waals surface area contributed by atoms with Gasteiger partial charge in [0, 0.05) is 11.3 Å². The van der Waals surface area contributed by atoms with Gasteiger partial charge in [-0.2, -0.15) is 0 Å². The average Bonchev–Trinajstić information content (AvgIpc) is 2.89. The summed E-state index contributed by atoms with van der Waals surface area (Å²) < 4.78 is 7.20. The number of nitrogens with one attached hydrogen (secondary N) is 1. The van der Waals surface area contributed by atoms with Crippen molar-refractivity contribution in [2.45, 2.75) is 32.0 Å². The van der Waals surface area contributed by atoms with Crippen LogP contribution in [-0.4, -0.2) is 33.8 Å². The van der Waals surface area contributed by atoms with E-state index in [4.69, 9.17) is 4.74 Å². The molecule has 1 aliphatic rings. The van der Waals surface area contributed by atoms with Gasteiger partial charge >= 0.3 is 0 Å². The van der Waals surface area contributed by atoms with E-state index in [2.05, 4.69) is 36.4 Å². The van der Waals surface area contributed by atoms with Gasteiger partial charge in [0.1, 0.15) is 5.75 Å². The van der Waals surface area contributed by atoms with E-state index in [1.807, 2.05) is 28.9 Å². The maximum absolute atomic E-state index is 5.20. The fourth-order valence-corrected chi connectivity index (χ4v) is 3.46. The molecular formula is C15H20N4OS. The number of methoxy groups -OCH3 is 1. The molecule has 5 nitrogen and oxygen atoms in total. The molecule has 0 amide bonds. The Balaban J connectivity index is 1.94. The van der Waals surface area contributed by atoms with Crippen molar-refractivity contribution in [2.75, 3.05) is 18.3 Å². The first-order valence-corrected chi connectivity index (χ1v) is 7.97. The fourth-order valence-electron chi connectivity index (χ4n) is 2.20. The Morgan fingerprint density at radius 2 is 1.95 bits per heavy atom. The molecule has 112 valence electrons. The molecule has 0 bridgehead atoms. The van der Waals surface area contributed by atoms with E-state index >= 15 is 0 Å². The third kappa shape index (κ3) is 2.72. The first-order chi connectivity index (χ1) is 9.99. The molecular weight excluding hydrogens is 284 g/mol. The monoisotopic (exact) mass is 304 g/mol. The van der Waals surface area contributed by atoms with Gasteiger partial charge in [-0.3, -0.25) is 0 Å². The number of aromatic nitrogens is 3. The van der Waals surface area contributed by atoms with E-state index in [9.17, 15) is 0 Å². The minimum absolute atomic E-state index is 0.187. The number of hydrogen-bond donors (Lipinski definition) is 1. The van der Waals surface area contributed by atoms with Crippen LogP contribution in [0.5, 0.6) is 5.75 Å². The maximum atomic E-state index is 5.20. The van der Waals surface area contributed by atoms with E-state index in [0.29, 0.717) is 6.04 Å². The molecule has 1 N–H and O–H groups in total. The summed E-state index contributed by atoms with van der Waals surface area (Å²) in [7, 11) is 1.67. The SMILES string of the molecule is COc1ccc(-c2nnc3n2NC(C(C)(C)C)CS3)cc1. The summed E-state index contributed by atoms with van der Waals surface area (Å²) in [5.74, 6) is 2.69. The first kappa shape index (κ1) is 14.3. The van der Waals surface area contributed by atoms with Crippen LogP contribution in [0.1, 0.15) is 20.8 Å². The van der Waals surface area contributed by atoms with E-state index < -0.39 is 0 Å². The second kappa shape index (κ2) is 5.26. The van der Waals surface area contributed by atoms with Crippen molar-refractivity contribution in [3.05, 3.63) is 24.3 Å². The third-order valence-electron chi connectivity index (χ3n) is 3.69. The quantitative estimate of drug-likeness (QED) is 0.924. The number of ether oxygens (including phenoxy) is 1. The second-order valence-corrected chi connectivity index (χ2v) is 7.22. The first-order valence-electron chi connectivity index (χ1n) is 6.98. The van der Waals surface area contributed by atoms with Crippen molar-refractivity contribution in [3.63, 3.8) is 0 Å². The number of nitrogens with zero attached hydrogens (tertiary/aromatic N) is 3. The average molecular weight is 304 g/mol. The van der Waals surface area contributed by atoms with E-state index in [1.165, 1.54) is 0 Å². The van der Waals surface area contributed by atoms with Crippen LogP contribution in [0.25, 0.3) is 11.4 Å². The molecule has 1 unspecified atom stereocenters. The number of benzene rings is 1. The van der Waals surface area contributed by atoms with Crippen LogP contribution in [0, 0.1) is 5.41 Å². The molecule has 0 radical (unpaired) electrons. The summed E-state index contributed by atoms with van der Waals surface area (Å²) in [5, 5.41) is 9.52. The van der Waals surface area contributed by atoms with Crippen molar-refractivity contribution < 1.29 is 4.74 Å². The predicted molar refractivity (Wildman–Crippen MR) is 85.3 cm³/mol. The lowest BCUT2D eigenvalue weighted by Crippen LogP contribution is -2.43. The van der Waals surface area contributed by atoms with Gasteiger partial charge in [-0.15, -0.1) is 10.2 Å². The standard InChI is InChI=1S/C15H20N4OS/c1-15(2,3)12-9-21-14-17-16-13(19(14)18-12)10-5-7-11(20-4)8-6-10/h5-8,12,18H,9H2,1-4H3. The Labute approximate surface area is 129 Å². The molecule has 0 aliphatic carbocycles. The summed E-state index contributed by atoms with van der Waals surface area (Å²) in [6.45, 7) is 6.73. The van der Waals surface area contributed by atoms with Crippen LogP contribution < -0.4 is 10.2 Å². The molecule has 1 aliphatic heterocycles. The van der Waals surface area contributed by atoms with Gasteiger partial charge in [0.2, 0.25) is 5.16 Å². The van der Waals surface area contributed by atoms with Crippen molar-refractivity contribution in [1.82, 2.24) is 14.9 Å². The Morgan fingerprint density at radius 1 is 1.24 bits per heavy atom. The molecule has 21 heavy (non-hydrogen) atoms. The van der Waals surface area contributed by atoms with Gasteiger partial charge < -0.3 is 10.2 Å². The summed E-state index contributed by atoms with van der Waals surface area (Å²) >= 11 is 1.75. The van der Waals surface area contributed by atoms with Gasteiger partial charge in [0.05, 0.1) is 13.2 Å². The predicted octanol–water partition coefficient (Wildman–Crippen LogP) is 3.02. The smallest absolute Gasteiger partial charge is 0.210 e. The highest BCUT2D eigenvalue weighted by Gasteiger charge is 2.31. The lowest BCUT2D eigenvalue weighted by molar-refractivity contribution is 0.337. The van der Waals surface area contributed by atoms with Crippen molar-refractivity contribution in [2.24, 2.45) is 5.41 Å². The van der Waals surface area contributed by atoms with Gasteiger partial charge in [-0.25, -0.2) is 4.68 Å². The highest BCUT2D eigenvalue weighted by Crippen LogP contribution is 2.33. The Hall–Kier alpha value is -1.69. The van der Waals surface area contributed by atoms with Gasteiger partial charge in [-0.1, -0.05) is 32.5 Å². The molecule has 0 spiro atoms. The summed E-state index contributed by atoms with van der Waals surface area (Å²) in [5.41, 5.74) is 4.76. The maximum Gasteiger partial charge on any atom is 0.210 e. The van der Waals surface area contributed by atoms with Crippen LogP contribution in [0.4, 0.5) is 0 Å². The Morgan fingerprint density at radius 3 is 2.57 bits per heavy atom. The number of rotatable bonds is 2. The molecule has 0 saturated carbocycles. The molecule has 0 fully saturated rings. The lowest BCUT2D eigenvalue weighted by atomic mass is 9.88. The van der Waals surface area contributed by atoms with Crippen molar-refractivity contribution in [1.29, 1.82) is 0 Å². The third-order valence-corrected chi connectivity index (χ3v) is 4.71. The van der Waals surface area contributed by atoms with Crippen LogP contribution >= 0.6 is 11.8 Å². The van der Waals surface area contributed by atoms with Gasteiger partial charge in [-0.05, 0) is 29.7 Å². The fraction of sp³-hybridized carbons (Fsp3) is 0.467.